The lowest BCUT2D eigenvalue weighted by molar-refractivity contribution is -0.161. The molecule has 0 spiro atoms. The van der Waals surface area contributed by atoms with E-state index in [2.05, 4.69) is 4.74 Å². The number of hydrogen-bond acceptors (Lipinski definition) is 4. The third-order valence-corrected chi connectivity index (χ3v) is 2.64. The van der Waals surface area contributed by atoms with E-state index in [0.717, 1.165) is 0 Å². The highest BCUT2D eigenvalue weighted by Crippen LogP contribution is 2.28. The Balaban J connectivity index is 2.37. The van der Waals surface area contributed by atoms with Gasteiger partial charge in [0.25, 0.3) is 0 Å². The summed E-state index contributed by atoms with van der Waals surface area (Å²) in [6.45, 7) is -1.59. The molecular formula is C12H9ClF3NO3. The van der Waals surface area contributed by atoms with E-state index in [-0.39, 0.29) is 22.7 Å². The molecule has 0 fully saturated rings. The molecule has 0 saturated heterocycles. The quantitative estimate of drug-likeness (QED) is 0.884. The van der Waals surface area contributed by atoms with Crippen LogP contribution in [0.15, 0.2) is 22.6 Å². The number of benzene rings is 1. The first-order chi connectivity index (χ1) is 9.30. The highest BCUT2D eigenvalue weighted by Gasteiger charge is 2.30. The van der Waals surface area contributed by atoms with Crippen molar-refractivity contribution in [1.29, 1.82) is 0 Å². The molecule has 0 atom stereocenters. The fraction of sp³-hybridized carbons (Fsp3) is 0.250. The Labute approximate surface area is 116 Å². The highest BCUT2D eigenvalue weighted by atomic mass is 35.5. The molecule has 108 valence electrons. The second-order valence-electron chi connectivity index (χ2n) is 3.98. The average Bonchev–Trinajstić information content (AvgIpc) is 2.76. The van der Waals surface area contributed by atoms with E-state index in [1.807, 2.05) is 0 Å². The fourth-order valence-electron chi connectivity index (χ4n) is 1.65. The van der Waals surface area contributed by atoms with Crippen molar-refractivity contribution >= 4 is 28.5 Å². The number of rotatable bonds is 3. The topological polar surface area (TPSA) is 65.5 Å². The Morgan fingerprint density at radius 1 is 1.35 bits per heavy atom. The Morgan fingerprint density at radius 3 is 2.65 bits per heavy atom. The molecule has 0 amide bonds. The van der Waals surface area contributed by atoms with Crippen LogP contribution in [0, 0.1) is 0 Å². The van der Waals surface area contributed by atoms with Gasteiger partial charge in [0, 0.05) is 10.4 Å². The van der Waals surface area contributed by atoms with Crippen LogP contribution in [-0.2, 0) is 11.3 Å². The summed E-state index contributed by atoms with van der Waals surface area (Å²) >= 11 is 5.81. The Morgan fingerprint density at radius 2 is 2.05 bits per heavy atom. The number of carbonyl (C=O) groups is 1. The molecule has 2 N–H and O–H groups in total. The van der Waals surface area contributed by atoms with Gasteiger partial charge in [-0.1, -0.05) is 11.6 Å². The predicted octanol–water partition coefficient (Wildman–Crippen LogP) is 3.26. The van der Waals surface area contributed by atoms with Crippen molar-refractivity contribution in [1.82, 2.24) is 0 Å². The van der Waals surface area contributed by atoms with Crippen molar-refractivity contribution < 1.29 is 27.1 Å². The highest BCUT2D eigenvalue weighted by molar-refractivity contribution is 6.32. The molecule has 0 unspecified atom stereocenters. The van der Waals surface area contributed by atoms with E-state index in [1.165, 1.54) is 12.1 Å². The van der Waals surface area contributed by atoms with Crippen LogP contribution >= 0.6 is 11.6 Å². The molecule has 0 bridgehead atoms. The van der Waals surface area contributed by atoms with Gasteiger partial charge in [-0.2, -0.15) is 13.2 Å². The molecular weight excluding hydrogens is 299 g/mol. The molecule has 8 heteroatoms. The van der Waals surface area contributed by atoms with Crippen molar-refractivity contribution in [2.24, 2.45) is 5.73 Å². The van der Waals surface area contributed by atoms with Crippen molar-refractivity contribution in [2.45, 2.75) is 12.7 Å². The molecule has 0 saturated carbocycles. The zero-order valence-electron chi connectivity index (χ0n) is 9.96. The van der Waals surface area contributed by atoms with Crippen LogP contribution < -0.4 is 5.73 Å². The Bertz CT molecular complexity index is 651. The van der Waals surface area contributed by atoms with Gasteiger partial charge in [-0.25, -0.2) is 4.79 Å². The van der Waals surface area contributed by atoms with Crippen LogP contribution in [-0.4, -0.2) is 18.8 Å². The van der Waals surface area contributed by atoms with Crippen molar-refractivity contribution in [2.75, 3.05) is 6.61 Å². The molecule has 2 aromatic rings. The van der Waals surface area contributed by atoms with Crippen molar-refractivity contribution in [3.63, 3.8) is 0 Å². The Hall–Kier alpha value is -1.73. The van der Waals surface area contributed by atoms with Crippen LogP contribution in [0.3, 0.4) is 0 Å². The van der Waals surface area contributed by atoms with E-state index in [1.54, 1.807) is 6.07 Å². The number of fused-ring (bicyclic) bond motifs is 1. The number of alkyl halides is 3. The lowest BCUT2D eigenvalue weighted by Crippen LogP contribution is -2.20. The maximum absolute atomic E-state index is 12.0. The summed E-state index contributed by atoms with van der Waals surface area (Å²) in [5.41, 5.74) is 5.33. The number of halogens is 4. The van der Waals surface area contributed by atoms with E-state index in [0.29, 0.717) is 11.1 Å². The van der Waals surface area contributed by atoms with Crippen molar-refractivity contribution in [3.05, 3.63) is 34.5 Å². The predicted molar refractivity (Wildman–Crippen MR) is 65.5 cm³/mol. The third-order valence-electron chi connectivity index (χ3n) is 2.42. The van der Waals surface area contributed by atoms with Gasteiger partial charge in [0.1, 0.15) is 16.9 Å². The molecule has 0 radical (unpaired) electrons. The molecule has 1 heterocycles. The summed E-state index contributed by atoms with van der Waals surface area (Å²) in [5.74, 6) is -0.778. The summed E-state index contributed by atoms with van der Waals surface area (Å²) in [7, 11) is 0. The van der Waals surface area contributed by atoms with Crippen LogP contribution in [0.1, 0.15) is 16.1 Å². The minimum atomic E-state index is -4.60. The lowest BCUT2D eigenvalue weighted by atomic mass is 10.1. The standard InChI is InChI=1S/C12H9ClF3NO3/c13-7-1-6-2-8(4-17)20-10(6)9(3-7)11(18)19-5-12(14,15)16/h1-3H,4-5,17H2. The second-order valence-corrected chi connectivity index (χ2v) is 4.42. The molecule has 4 nitrogen and oxygen atoms in total. The second kappa shape index (κ2) is 5.34. The monoisotopic (exact) mass is 307 g/mol. The van der Waals surface area contributed by atoms with E-state index < -0.39 is 18.8 Å². The van der Waals surface area contributed by atoms with Gasteiger partial charge in [-0.15, -0.1) is 0 Å². The normalized spacial score (nSPS) is 11.8. The van der Waals surface area contributed by atoms with Gasteiger partial charge in [-0.05, 0) is 18.2 Å². The number of carbonyl (C=O) groups excluding carboxylic acids is 1. The Kier molecular flexibility index (Phi) is 3.92. The number of furan rings is 1. The first-order valence-corrected chi connectivity index (χ1v) is 5.84. The van der Waals surface area contributed by atoms with Gasteiger partial charge < -0.3 is 14.9 Å². The van der Waals surface area contributed by atoms with Gasteiger partial charge in [0.15, 0.2) is 6.61 Å². The molecule has 0 aliphatic carbocycles. The van der Waals surface area contributed by atoms with Gasteiger partial charge in [0.05, 0.1) is 6.54 Å². The van der Waals surface area contributed by atoms with Crippen molar-refractivity contribution in [3.8, 4) is 0 Å². The van der Waals surface area contributed by atoms with E-state index in [4.69, 9.17) is 21.8 Å². The zero-order valence-corrected chi connectivity index (χ0v) is 10.7. The molecule has 0 aliphatic rings. The van der Waals surface area contributed by atoms with Crippen LogP contribution in [0.4, 0.5) is 13.2 Å². The minimum Gasteiger partial charge on any atom is -0.459 e. The summed E-state index contributed by atoms with van der Waals surface area (Å²) < 4.78 is 45.6. The van der Waals surface area contributed by atoms with Gasteiger partial charge in [0.2, 0.25) is 0 Å². The van der Waals surface area contributed by atoms with Gasteiger partial charge >= 0.3 is 12.1 Å². The maximum Gasteiger partial charge on any atom is 0.422 e. The number of hydrogen-bond donors (Lipinski definition) is 1. The van der Waals surface area contributed by atoms with Crippen LogP contribution in [0.2, 0.25) is 5.02 Å². The van der Waals surface area contributed by atoms with Crippen LogP contribution in [0.25, 0.3) is 11.0 Å². The fourth-order valence-corrected chi connectivity index (χ4v) is 1.87. The lowest BCUT2D eigenvalue weighted by Gasteiger charge is -2.08. The SMILES string of the molecule is NCc1cc2cc(Cl)cc(C(=O)OCC(F)(F)F)c2o1. The molecule has 1 aromatic heterocycles. The van der Waals surface area contributed by atoms with E-state index >= 15 is 0 Å². The third kappa shape index (κ3) is 3.23. The number of nitrogens with two attached hydrogens (primary N) is 1. The summed E-state index contributed by atoms with van der Waals surface area (Å²) in [6.07, 6.45) is -4.60. The summed E-state index contributed by atoms with van der Waals surface area (Å²) in [6, 6.07) is 4.26. The van der Waals surface area contributed by atoms with E-state index in [9.17, 15) is 18.0 Å². The zero-order chi connectivity index (χ0) is 14.9. The minimum absolute atomic E-state index is 0.0866. The summed E-state index contributed by atoms with van der Waals surface area (Å²) in [4.78, 5) is 11.7. The van der Waals surface area contributed by atoms with Crippen LogP contribution in [0.5, 0.6) is 0 Å². The average molecular weight is 308 g/mol. The molecule has 0 aliphatic heterocycles. The maximum atomic E-state index is 12.0. The molecule has 2 rings (SSSR count). The van der Waals surface area contributed by atoms with Gasteiger partial charge in [-0.3, -0.25) is 0 Å². The first-order valence-electron chi connectivity index (χ1n) is 5.46. The smallest absolute Gasteiger partial charge is 0.422 e. The number of esters is 1. The number of ether oxygens (including phenoxy) is 1. The largest absolute Gasteiger partial charge is 0.459 e. The molecule has 1 aromatic carbocycles. The first kappa shape index (κ1) is 14.7. The summed E-state index contributed by atoms with van der Waals surface area (Å²) in [5, 5.41) is 0.651. The molecule has 20 heavy (non-hydrogen) atoms.